The summed E-state index contributed by atoms with van der Waals surface area (Å²) >= 11 is 0. The Morgan fingerprint density at radius 3 is 2.42 bits per heavy atom. The first-order valence-electron chi connectivity index (χ1n) is 9.71. The van der Waals surface area contributed by atoms with E-state index in [-0.39, 0.29) is 0 Å². The van der Waals surface area contributed by atoms with Crippen LogP contribution in [0.3, 0.4) is 0 Å². The Bertz CT molecular complexity index is 403. The summed E-state index contributed by atoms with van der Waals surface area (Å²) < 4.78 is 5.83. The van der Waals surface area contributed by atoms with Gasteiger partial charge in [-0.15, -0.1) is 0 Å². The number of likely N-dealkylation sites (N-methyl/N-ethyl adjacent to an activating group) is 1. The van der Waals surface area contributed by atoms with Gasteiger partial charge in [0.15, 0.2) is 0 Å². The Kier molecular flexibility index (Phi) is 11.6. The fraction of sp³-hybridized carbons (Fsp3) is 0.714. The van der Waals surface area contributed by atoms with E-state index in [2.05, 4.69) is 62.4 Å². The highest BCUT2D eigenvalue weighted by Crippen LogP contribution is 2.15. The number of aryl methyl sites for hydroxylation is 1. The number of hydrogen-bond donors (Lipinski definition) is 1. The number of benzene rings is 1. The monoisotopic (exact) mass is 334 g/mol. The van der Waals surface area contributed by atoms with E-state index in [4.69, 9.17) is 4.74 Å². The second-order valence-corrected chi connectivity index (χ2v) is 7.10. The van der Waals surface area contributed by atoms with Crippen LogP contribution < -0.4 is 10.1 Å². The van der Waals surface area contributed by atoms with Gasteiger partial charge in [-0.25, -0.2) is 0 Å². The lowest BCUT2D eigenvalue weighted by molar-refractivity contribution is 0.304. The molecule has 3 heteroatoms. The number of nitrogens with zero attached hydrogens (tertiary/aromatic N) is 1. The Morgan fingerprint density at radius 2 is 1.75 bits per heavy atom. The fourth-order valence-corrected chi connectivity index (χ4v) is 2.67. The molecule has 0 amide bonds. The van der Waals surface area contributed by atoms with Crippen molar-refractivity contribution in [3.8, 4) is 5.75 Å². The van der Waals surface area contributed by atoms with Crippen molar-refractivity contribution in [3.05, 3.63) is 29.8 Å². The van der Waals surface area contributed by atoms with Crippen LogP contribution in [-0.4, -0.2) is 44.7 Å². The van der Waals surface area contributed by atoms with Crippen LogP contribution in [0.5, 0.6) is 5.75 Å². The summed E-state index contributed by atoms with van der Waals surface area (Å²) in [4.78, 5) is 2.21. The predicted octanol–water partition coefficient (Wildman–Crippen LogP) is 4.51. The van der Waals surface area contributed by atoms with E-state index >= 15 is 0 Å². The third-order valence-corrected chi connectivity index (χ3v) is 4.36. The maximum Gasteiger partial charge on any atom is 0.119 e. The van der Waals surface area contributed by atoms with Gasteiger partial charge in [0, 0.05) is 19.1 Å². The lowest BCUT2D eigenvalue weighted by Gasteiger charge is -2.16. The molecule has 0 aliphatic heterocycles. The molecule has 0 aliphatic carbocycles. The van der Waals surface area contributed by atoms with Crippen molar-refractivity contribution in [3.63, 3.8) is 0 Å². The molecule has 1 aromatic rings. The van der Waals surface area contributed by atoms with Gasteiger partial charge < -0.3 is 15.0 Å². The lowest BCUT2D eigenvalue weighted by atomic mass is 10.1. The molecule has 24 heavy (non-hydrogen) atoms. The highest BCUT2D eigenvalue weighted by Gasteiger charge is 2.03. The summed E-state index contributed by atoms with van der Waals surface area (Å²) in [6.45, 7) is 7.51. The minimum atomic E-state index is 0.559. The second kappa shape index (κ2) is 13.3. The van der Waals surface area contributed by atoms with E-state index < -0.39 is 0 Å². The highest BCUT2D eigenvalue weighted by molar-refractivity contribution is 5.27. The molecule has 3 nitrogen and oxygen atoms in total. The minimum absolute atomic E-state index is 0.559. The van der Waals surface area contributed by atoms with E-state index in [1.807, 2.05) is 0 Å². The van der Waals surface area contributed by atoms with Gasteiger partial charge in [0.2, 0.25) is 0 Å². The highest BCUT2D eigenvalue weighted by atomic mass is 16.5. The number of hydrogen-bond acceptors (Lipinski definition) is 3. The standard InChI is InChI=1S/C21H38N2O/c1-5-6-7-8-9-18-24-21-14-12-20(13-15-21)11-10-19(2)22-16-17-23(3)4/h12-15,19,22H,5-11,16-18H2,1-4H3. The van der Waals surface area contributed by atoms with Gasteiger partial charge >= 0.3 is 0 Å². The van der Waals surface area contributed by atoms with Gasteiger partial charge in [0.25, 0.3) is 0 Å². The van der Waals surface area contributed by atoms with E-state index in [1.54, 1.807) is 0 Å². The normalized spacial score (nSPS) is 12.5. The average molecular weight is 335 g/mol. The molecular formula is C21H38N2O. The fourth-order valence-electron chi connectivity index (χ4n) is 2.67. The molecule has 1 unspecified atom stereocenters. The van der Waals surface area contributed by atoms with Crippen LogP contribution in [0.1, 0.15) is 57.9 Å². The minimum Gasteiger partial charge on any atom is -0.494 e. The SMILES string of the molecule is CCCCCCCOc1ccc(CCC(C)NCCN(C)C)cc1. The van der Waals surface area contributed by atoms with Gasteiger partial charge in [-0.3, -0.25) is 0 Å². The topological polar surface area (TPSA) is 24.5 Å². The van der Waals surface area contributed by atoms with E-state index in [9.17, 15) is 0 Å². The number of ether oxygens (including phenoxy) is 1. The van der Waals surface area contributed by atoms with E-state index in [0.717, 1.165) is 38.3 Å². The van der Waals surface area contributed by atoms with E-state index in [1.165, 1.54) is 37.7 Å². The largest absolute Gasteiger partial charge is 0.494 e. The average Bonchev–Trinajstić information content (AvgIpc) is 2.57. The molecule has 0 aliphatic rings. The lowest BCUT2D eigenvalue weighted by Crippen LogP contribution is -2.33. The molecular weight excluding hydrogens is 296 g/mol. The Morgan fingerprint density at radius 1 is 1.04 bits per heavy atom. The zero-order valence-electron chi connectivity index (χ0n) is 16.3. The first-order valence-corrected chi connectivity index (χ1v) is 9.71. The second-order valence-electron chi connectivity index (χ2n) is 7.10. The molecule has 1 rings (SSSR count). The molecule has 138 valence electrons. The first kappa shape index (κ1) is 21.0. The van der Waals surface area contributed by atoms with Crippen molar-refractivity contribution in [1.29, 1.82) is 0 Å². The van der Waals surface area contributed by atoms with Crippen molar-refractivity contribution in [2.75, 3.05) is 33.8 Å². The van der Waals surface area contributed by atoms with Crippen molar-refractivity contribution in [2.24, 2.45) is 0 Å². The van der Waals surface area contributed by atoms with Crippen LogP contribution in [-0.2, 0) is 6.42 Å². The van der Waals surface area contributed by atoms with Crippen molar-refractivity contribution in [2.45, 2.75) is 64.8 Å². The van der Waals surface area contributed by atoms with Crippen molar-refractivity contribution >= 4 is 0 Å². The van der Waals surface area contributed by atoms with Crippen LogP contribution in [0, 0.1) is 0 Å². The molecule has 0 saturated heterocycles. The number of nitrogens with one attached hydrogen (secondary N) is 1. The van der Waals surface area contributed by atoms with Gasteiger partial charge in [-0.2, -0.15) is 0 Å². The summed E-state index contributed by atoms with van der Waals surface area (Å²) in [6, 6.07) is 9.21. The summed E-state index contributed by atoms with van der Waals surface area (Å²) in [5.74, 6) is 1.01. The van der Waals surface area contributed by atoms with Gasteiger partial charge in [0.05, 0.1) is 6.61 Å². The Hall–Kier alpha value is -1.06. The molecule has 0 fully saturated rings. The quantitative estimate of drug-likeness (QED) is 0.507. The molecule has 0 heterocycles. The molecule has 0 bridgehead atoms. The molecule has 0 saturated carbocycles. The van der Waals surface area contributed by atoms with Crippen molar-refractivity contribution in [1.82, 2.24) is 10.2 Å². The predicted molar refractivity (Wildman–Crippen MR) is 105 cm³/mol. The van der Waals surface area contributed by atoms with E-state index in [0.29, 0.717) is 6.04 Å². The Balaban J connectivity index is 2.15. The molecule has 1 atom stereocenters. The van der Waals surface area contributed by atoms with Crippen molar-refractivity contribution < 1.29 is 4.74 Å². The summed E-state index contributed by atoms with van der Waals surface area (Å²) in [7, 11) is 4.22. The maximum atomic E-state index is 5.83. The van der Waals surface area contributed by atoms with Gasteiger partial charge in [-0.05, 0) is 58.0 Å². The van der Waals surface area contributed by atoms with Crippen LogP contribution in [0.15, 0.2) is 24.3 Å². The van der Waals surface area contributed by atoms with Crippen LogP contribution >= 0.6 is 0 Å². The van der Waals surface area contributed by atoms with Crippen LogP contribution in [0.4, 0.5) is 0 Å². The third-order valence-electron chi connectivity index (χ3n) is 4.36. The molecule has 1 aromatic carbocycles. The third kappa shape index (κ3) is 10.7. The Labute approximate surface area is 149 Å². The van der Waals surface area contributed by atoms with Crippen LogP contribution in [0.25, 0.3) is 0 Å². The molecule has 0 spiro atoms. The number of rotatable bonds is 14. The molecule has 1 N–H and O–H groups in total. The number of unbranched alkanes of at least 4 members (excludes halogenated alkanes) is 4. The summed E-state index contributed by atoms with van der Waals surface area (Å²) in [6.07, 6.45) is 8.71. The van der Waals surface area contributed by atoms with Crippen LogP contribution in [0.2, 0.25) is 0 Å². The molecule has 0 radical (unpaired) electrons. The summed E-state index contributed by atoms with van der Waals surface area (Å²) in [5, 5.41) is 3.58. The summed E-state index contributed by atoms with van der Waals surface area (Å²) in [5.41, 5.74) is 1.39. The maximum absolute atomic E-state index is 5.83. The van der Waals surface area contributed by atoms with Gasteiger partial charge in [0.1, 0.15) is 5.75 Å². The molecule has 0 aromatic heterocycles. The van der Waals surface area contributed by atoms with Gasteiger partial charge in [-0.1, -0.05) is 44.7 Å². The zero-order valence-corrected chi connectivity index (χ0v) is 16.3. The first-order chi connectivity index (χ1) is 11.6. The zero-order chi connectivity index (χ0) is 17.6. The smallest absolute Gasteiger partial charge is 0.119 e.